The number of benzene rings is 2. The lowest BCUT2D eigenvalue weighted by molar-refractivity contribution is 0.490. The minimum absolute atomic E-state index is 0.0627. The van der Waals surface area contributed by atoms with Crippen molar-refractivity contribution < 1.29 is 8.78 Å². The third kappa shape index (κ3) is 4.16. The molecule has 3 heterocycles. The molecule has 1 unspecified atom stereocenters. The molecule has 2 aromatic carbocycles. The van der Waals surface area contributed by atoms with E-state index in [0.29, 0.717) is 28.1 Å². The van der Waals surface area contributed by atoms with Gasteiger partial charge in [0.2, 0.25) is 5.95 Å². The number of fused-ring (bicyclic) bond motifs is 1. The number of anilines is 1. The second-order valence-corrected chi connectivity index (χ2v) is 8.28. The van der Waals surface area contributed by atoms with Gasteiger partial charge in [-0.15, -0.1) is 0 Å². The minimum atomic E-state index is -0.493. The molecule has 2 N–H and O–H groups in total. The molecule has 5 rings (SSSR count). The van der Waals surface area contributed by atoms with Gasteiger partial charge < -0.3 is 15.2 Å². The molecule has 1 fully saturated rings. The van der Waals surface area contributed by atoms with Gasteiger partial charge in [-0.1, -0.05) is 23.7 Å². The number of nitrogens with zero attached hydrogens (tertiary/aromatic N) is 4. The zero-order valence-corrected chi connectivity index (χ0v) is 17.9. The zero-order chi connectivity index (χ0) is 22.1. The summed E-state index contributed by atoms with van der Waals surface area (Å²) in [6, 6.07) is 10.9. The highest BCUT2D eigenvalue weighted by molar-refractivity contribution is 6.33. The normalized spacial score (nSPS) is 16.0. The van der Waals surface area contributed by atoms with Gasteiger partial charge in [-0.05, 0) is 55.8 Å². The second kappa shape index (κ2) is 8.80. The molecule has 1 saturated heterocycles. The predicted octanol–water partition coefficient (Wildman–Crippen LogP) is 4.65. The molecule has 4 aromatic rings. The fourth-order valence-electron chi connectivity index (χ4n) is 4.01. The lowest BCUT2D eigenvalue weighted by Gasteiger charge is -2.14. The van der Waals surface area contributed by atoms with Gasteiger partial charge in [-0.25, -0.2) is 18.7 Å². The summed E-state index contributed by atoms with van der Waals surface area (Å²) in [7, 11) is 0. The molecule has 164 valence electrons. The molecule has 0 spiro atoms. The first-order valence-corrected chi connectivity index (χ1v) is 10.8. The topological polar surface area (TPSA) is 67.7 Å². The van der Waals surface area contributed by atoms with Gasteiger partial charge in [0.25, 0.3) is 0 Å². The van der Waals surface area contributed by atoms with Crippen molar-refractivity contribution in [3.05, 3.63) is 70.9 Å². The van der Waals surface area contributed by atoms with Gasteiger partial charge in [0, 0.05) is 24.2 Å². The van der Waals surface area contributed by atoms with Crippen LogP contribution in [0.2, 0.25) is 5.02 Å². The summed E-state index contributed by atoms with van der Waals surface area (Å²) >= 11 is 6.47. The van der Waals surface area contributed by atoms with Gasteiger partial charge in [-0.2, -0.15) is 4.98 Å². The van der Waals surface area contributed by atoms with E-state index in [1.165, 1.54) is 0 Å². The van der Waals surface area contributed by atoms with Crippen LogP contribution in [0.25, 0.3) is 22.6 Å². The van der Waals surface area contributed by atoms with Crippen LogP contribution in [0.4, 0.5) is 14.7 Å². The van der Waals surface area contributed by atoms with Crippen molar-refractivity contribution in [2.45, 2.75) is 19.5 Å². The number of hydrogen-bond donors (Lipinski definition) is 2. The summed E-state index contributed by atoms with van der Waals surface area (Å²) in [5.41, 5.74) is 2.35. The van der Waals surface area contributed by atoms with Crippen molar-refractivity contribution in [3.63, 3.8) is 0 Å². The predicted molar refractivity (Wildman–Crippen MR) is 120 cm³/mol. The fraction of sp³-hybridized carbons (Fsp3) is 0.261. The minimum Gasteiger partial charge on any atom is -0.350 e. The van der Waals surface area contributed by atoms with Crippen molar-refractivity contribution >= 4 is 28.7 Å². The van der Waals surface area contributed by atoms with Crippen LogP contribution in [0.15, 0.2) is 48.7 Å². The Hall–Kier alpha value is -3.10. The Bertz CT molecular complexity index is 1270. The molecule has 0 amide bonds. The molecular formula is C23H21ClF2N6. The number of imidazole rings is 1. The second-order valence-electron chi connectivity index (χ2n) is 7.88. The van der Waals surface area contributed by atoms with Crippen molar-refractivity contribution in [1.82, 2.24) is 24.8 Å². The summed E-state index contributed by atoms with van der Waals surface area (Å²) in [5, 5.41) is 7.00. The smallest absolute Gasteiger partial charge is 0.225 e. The molecule has 32 heavy (non-hydrogen) atoms. The first kappa shape index (κ1) is 20.8. The van der Waals surface area contributed by atoms with E-state index < -0.39 is 11.6 Å². The largest absolute Gasteiger partial charge is 0.350 e. The van der Waals surface area contributed by atoms with E-state index in [9.17, 15) is 8.78 Å². The lowest BCUT2D eigenvalue weighted by atomic mass is 10.1. The highest BCUT2D eigenvalue weighted by atomic mass is 35.5. The molecule has 2 aromatic heterocycles. The van der Waals surface area contributed by atoms with Gasteiger partial charge in [-0.3, -0.25) is 0 Å². The third-order valence-electron chi connectivity index (χ3n) is 5.65. The maximum Gasteiger partial charge on any atom is 0.225 e. The molecule has 9 heteroatoms. The number of halogens is 3. The van der Waals surface area contributed by atoms with Gasteiger partial charge in [0.15, 0.2) is 5.65 Å². The Kier molecular flexibility index (Phi) is 5.71. The third-order valence-corrected chi connectivity index (χ3v) is 5.98. The molecular weight excluding hydrogens is 434 g/mol. The van der Waals surface area contributed by atoms with E-state index in [1.807, 2.05) is 24.3 Å². The van der Waals surface area contributed by atoms with Crippen LogP contribution < -0.4 is 10.6 Å². The molecule has 0 aliphatic carbocycles. The highest BCUT2D eigenvalue weighted by Gasteiger charge is 2.22. The van der Waals surface area contributed by atoms with Crippen LogP contribution >= 0.6 is 11.6 Å². The van der Waals surface area contributed by atoms with Crippen LogP contribution in [-0.4, -0.2) is 32.6 Å². The molecule has 0 saturated carbocycles. The monoisotopic (exact) mass is 454 g/mol. The van der Waals surface area contributed by atoms with E-state index in [-0.39, 0.29) is 12.1 Å². The summed E-state index contributed by atoms with van der Waals surface area (Å²) in [6.45, 7) is 2.71. The molecule has 1 aliphatic rings. The quantitative estimate of drug-likeness (QED) is 0.444. The van der Waals surface area contributed by atoms with Gasteiger partial charge in [0.1, 0.15) is 23.0 Å². The number of rotatable bonds is 6. The van der Waals surface area contributed by atoms with E-state index >= 15 is 0 Å². The maximum atomic E-state index is 14.0. The lowest BCUT2D eigenvalue weighted by Crippen LogP contribution is -2.16. The van der Waals surface area contributed by atoms with Gasteiger partial charge in [0.05, 0.1) is 11.2 Å². The molecule has 1 atom stereocenters. The Labute approximate surface area is 188 Å². The summed E-state index contributed by atoms with van der Waals surface area (Å²) in [5.74, 6) is 0.519. The average Bonchev–Trinajstić information content (AvgIpc) is 3.43. The van der Waals surface area contributed by atoms with Crippen molar-refractivity contribution in [2.75, 3.05) is 18.4 Å². The first-order valence-electron chi connectivity index (χ1n) is 10.4. The molecule has 0 radical (unpaired) electrons. The van der Waals surface area contributed by atoms with Crippen LogP contribution in [0.1, 0.15) is 12.0 Å². The summed E-state index contributed by atoms with van der Waals surface area (Å²) < 4.78 is 29.5. The number of nitrogens with one attached hydrogen (secondary N) is 2. The number of hydrogen-bond acceptors (Lipinski definition) is 5. The molecule has 6 nitrogen and oxygen atoms in total. The Morgan fingerprint density at radius 2 is 2.03 bits per heavy atom. The highest BCUT2D eigenvalue weighted by Crippen LogP contribution is 2.31. The fourth-order valence-corrected chi connectivity index (χ4v) is 4.23. The van der Waals surface area contributed by atoms with Crippen LogP contribution in [0.5, 0.6) is 0 Å². The van der Waals surface area contributed by atoms with Crippen LogP contribution in [-0.2, 0) is 13.1 Å². The summed E-state index contributed by atoms with van der Waals surface area (Å²) in [6.07, 6.45) is 2.70. The molecule has 0 bridgehead atoms. The number of aromatic nitrogens is 4. The van der Waals surface area contributed by atoms with Crippen molar-refractivity contribution in [3.8, 4) is 11.4 Å². The van der Waals surface area contributed by atoms with E-state index in [4.69, 9.17) is 16.6 Å². The maximum absolute atomic E-state index is 14.0. The van der Waals surface area contributed by atoms with Gasteiger partial charge >= 0.3 is 0 Å². The Morgan fingerprint density at radius 1 is 1.16 bits per heavy atom. The van der Waals surface area contributed by atoms with Crippen LogP contribution in [0.3, 0.4) is 0 Å². The van der Waals surface area contributed by atoms with Crippen LogP contribution in [0, 0.1) is 17.6 Å². The zero-order valence-electron chi connectivity index (χ0n) is 17.2. The van der Waals surface area contributed by atoms with Crippen molar-refractivity contribution in [1.29, 1.82) is 0 Å². The Morgan fingerprint density at radius 3 is 2.84 bits per heavy atom. The standard InChI is InChI=1S/C23H21ClF2N6/c24-18-4-2-1-3-17(18)21-30-20-12-29-23(28-11-15-9-16(25)5-6-19(15)26)31-22(20)32(21)13-14-7-8-27-10-14/h1-6,9,12,14,27H,7-8,10-11,13H2,(H,28,29,31). The van der Waals surface area contributed by atoms with E-state index in [2.05, 4.69) is 25.2 Å². The molecule has 1 aliphatic heterocycles. The van der Waals surface area contributed by atoms with Crippen molar-refractivity contribution in [2.24, 2.45) is 5.92 Å². The SMILES string of the molecule is Fc1ccc(F)c(CNc2ncc3nc(-c4ccccc4Cl)n(CC4CCNC4)c3n2)c1. The van der Waals surface area contributed by atoms with E-state index in [1.54, 1.807) is 6.20 Å². The average molecular weight is 455 g/mol. The van der Waals surface area contributed by atoms with E-state index in [0.717, 1.165) is 55.6 Å². The Balaban J connectivity index is 1.52. The first-order chi connectivity index (χ1) is 15.6. The summed E-state index contributed by atoms with van der Waals surface area (Å²) in [4.78, 5) is 13.7.